The number of anilines is 1. The quantitative estimate of drug-likeness (QED) is 0.910. The fourth-order valence-corrected chi connectivity index (χ4v) is 3.06. The van der Waals surface area contributed by atoms with Crippen molar-refractivity contribution in [3.05, 3.63) is 52.5 Å². The molecule has 100 valence electrons. The highest BCUT2D eigenvalue weighted by Gasteiger charge is 2.16. The second-order valence-electron chi connectivity index (χ2n) is 3.73. The predicted octanol–water partition coefficient (Wildman–Crippen LogP) is 3.50. The molecule has 0 bridgehead atoms. The molecule has 7 heteroatoms. The maximum absolute atomic E-state index is 12.1. The molecule has 19 heavy (non-hydrogen) atoms. The van der Waals surface area contributed by atoms with Gasteiger partial charge in [-0.15, -0.1) is 0 Å². The van der Waals surface area contributed by atoms with Crippen LogP contribution in [0.5, 0.6) is 5.75 Å². The second-order valence-corrected chi connectivity index (χ2v) is 6.25. The van der Waals surface area contributed by atoms with Crippen LogP contribution < -0.4 is 4.72 Å². The second kappa shape index (κ2) is 5.28. The number of phenols is 1. The Morgan fingerprint density at radius 3 is 2.42 bits per heavy atom. The molecule has 0 atom stereocenters. The molecular formula is C12H9Cl2NO3S. The molecule has 0 spiro atoms. The molecule has 0 radical (unpaired) electrons. The van der Waals surface area contributed by atoms with Crippen molar-refractivity contribution < 1.29 is 13.5 Å². The first-order chi connectivity index (χ1) is 8.88. The molecule has 0 aliphatic carbocycles. The van der Waals surface area contributed by atoms with E-state index < -0.39 is 10.0 Å². The molecule has 0 aliphatic rings. The summed E-state index contributed by atoms with van der Waals surface area (Å²) in [5, 5.41) is 9.90. The van der Waals surface area contributed by atoms with Gasteiger partial charge in [0.05, 0.1) is 15.6 Å². The lowest BCUT2D eigenvalue weighted by molar-refractivity contribution is 0.473. The summed E-state index contributed by atoms with van der Waals surface area (Å²) in [6.07, 6.45) is 0. The Labute approximate surface area is 120 Å². The average Bonchev–Trinajstić information content (AvgIpc) is 2.33. The van der Waals surface area contributed by atoms with Crippen molar-refractivity contribution in [3.8, 4) is 5.75 Å². The lowest BCUT2D eigenvalue weighted by Gasteiger charge is -2.10. The fraction of sp³-hybridized carbons (Fsp3) is 0. The zero-order chi connectivity index (χ0) is 14.0. The first kappa shape index (κ1) is 14.0. The van der Waals surface area contributed by atoms with Gasteiger partial charge < -0.3 is 5.11 Å². The van der Waals surface area contributed by atoms with Crippen LogP contribution >= 0.6 is 23.2 Å². The zero-order valence-electron chi connectivity index (χ0n) is 9.47. The van der Waals surface area contributed by atoms with Crippen molar-refractivity contribution in [1.29, 1.82) is 0 Å². The van der Waals surface area contributed by atoms with Crippen LogP contribution in [0.4, 0.5) is 5.69 Å². The summed E-state index contributed by atoms with van der Waals surface area (Å²) in [6.45, 7) is 0. The van der Waals surface area contributed by atoms with Crippen LogP contribution in [0.15, 0.2) is 47.4 Å². The van der Waals surface area contributed by atoms with E-state index in [2.05, 4.69) is 4.72 Å². The van der Waals surface area contributed by atoms with Crippen molar-refractivity contribution in [2.24, 2.45) is 0 Å². The number of nitrogens with one attached hydrogen (secondary N) is 1. The largest absolute Gasteiger partial charge is 0.508 e. The van der Waals surface area contributed by atoms with Crippen LogP contribution in [0.3, 0.4) is 0 Å². The number of rotatable bonds is 3. The van der Waals surface area contributed by atoms with Crippen LogP contribution in [0.1, 0.15) is 0 Å². The molecule has 0 fully saturated rings. The van der Waals surface area contributed by atoms with Crippen LogP contribution in [0, 0.1) is 0 Å². The van der Waals surface area contributed by atoms with Crippen molar-refractivity contribution in [2.45, 2.75) is 4.90 Å². The summed E-state index contributed by atoms with van der Waals surface area (Å²) in [5.74, 6) is -0.134. The smallest absolute Gasteiger partial charge is 0.262 e. The Morgan fingerprint density at radius 1 is 1.05 bits per heavy atom. The van der Waals surface area contributed by atoms with Gasteiger partial charge in [0.25, 0.3) is 10.0 Å². The van der Waals surface area contributed by atoms with Gasteiger partial charge in [0.2, 0.25) is 0 Å². The zero-order valence-corrected chi connectivity index (χ0v) is 11.8. The average molecular weight is 318 g/mol. The van der Waals surface area contributed by atoms with E-state index in [1.165, 1.54) is 36.4 Å². The Hall–Kier alpha value is -1.43. The van der Waals surface area contributed by atoms with Crippen molar-refractivity contribution in [3.63, 3.8) is 0 Å². The highest BCUT2D eigenvalue weighted by atomic mass is 35.5. The number of hydrogen-bond acceptors (Lipinski definition) is 3. The molecule has 0 aliphatic heterocycles. The molecule has 0 heterocycles. The van der Waals surface area contributed by atoms with Gasteiger partial charge in [0.15, 0.2) is 0 Å². The number of benzene rings is 2. The van der Waals surface area contributed by atoms with Gasteiger partial charge in [-0.25, -0.2) is 8.42 Å². The van der Waals surface area contributed by atoms with Gasteiger partial charge in [-0.3, -0.25) is 4.72 Å². The van der Waals surface area contributed by atoms with Gasteiger partial charge in [-0.1, -0.05) is 29.3 Å². The third-order valence-corrected chi connectivity index (χ3v) is 4.21. The minimum Gasteiger partial charge on any atom is -0.508 e. The van der Waals surface area contributed by atoms with E-state index in [0.717, 1.165) is 6.07 Å². The topological polar surface area (TPSA) is 66.4 Å². The Bertz CT molecular complexity index is 717. The molecule has 0 aromatic heterocycles. The number of aromatic hydroxyl groups is 1. The van der Waals surface area contributed by atoms with Gasteiger partial charge in [-0.2, -0.15) is 0 Å². The molecule has 0 amide bonds. The van der Waals surface area contributed by atoms with E-state index in [4.69, 9.17) is 23.2 Å². The summed E-state index contributed by atoms with van der Waals surface area (Å²) in [4.78, 5) is -0.0569. The van der Waals surface area contributed by atoms with E-state index in [1.54, 1.807) is 0 Å². The molecule has 0 unspecified atom stereocenters. The minimum absolute atomic E-state index is 0.0569. The van der Waals surface area contributed by atoms with Crippen LogP contribution in [-0.4, -0.2) is 13.5 Å². The lowest BCUT2D eigenvalue weighted by Crippen LogP contribution is -2.13. The van der Waals surface area contributed by atoms with Crippen molar-refractivity contribution >= 4 is 38.9 Å². The third-order valence-electron chi connectivity index (χ3n) is 2.30. The number of phenolic OH excluding ortho intramolecular Hbond substituents is 1. The third kappa shape index (κ3) is 3.32. The summed E-state index contributed by atoms with van der Waals surface area (Å²) >= 11 is 11.6. The Kier molecular flexibility index (Phi) is 3.89. The number of hydrogen-bond donors (Lipinski definition) is 2. The molecule has 2 N–H and O–H groups in total. The highest BCUT2D eigenvalue weighted by Crippen LogP contribution is 2.28. The Balaban J connectivity index is 2.36. The van der Waals surface area contributed by atoms with Crippen LogP contribution in [0.2, 0.25) is 10.0 Å². The van der Waals surface area contributed by atoms with Gasteiger partial charge in [0.1, 0.15) is 5.75 Å². The summed E-state index contributed by atoms with van der Waals surface area (Å²) < 4.78 is 26.5. The molecule has 4 nitrogen and oxygen atoms in total. The van der Waals surface area contributed by atoms with Gasteiger partial charge >= 0.3 is 0 Å². The monoisotopic (exact) mass is 317 g/mol. The Morgan fingerprint density at radius 2 is 1.79 bits per heavy atom. The first-order valence-corrected chi connectivity index (χ1v) is 7.39. The SMILES string of the molecule is O=S(=O)(Nc1ccc(Cl)cc1Cl)c1cccc(O)c1. The molecule has 0 saturated heterocycles. The standard InChI is InChI=1S/C12H9Cl2NO3S/c13-8-4-5-12(11(14)6-8)15-19(17,18)10-3-1-2-9(16)7-10/h1-7,15-16H. The molecule has 0 saturated carbocycles. The van der Waals surface area contributed by atoms with Crippen LogP contribution in [0.25, 0.3) is 0 Å². The van der Waals surface area contributed by atoms with E-state index in [9.17, 15) is 13.5 Å². The molecule has 2 rings (SSSR count). The molecular weight excluding hydrogens is 309 g/mol. The highest BCUT2D eigenvalue weighted by molar-refractivity contribution is 7.92. The number of halogens is 2. The molecule has 2 aromatic rings. The van der Waals surface area contributed by atoms with E-state index in [0.29, 0.717) is 5.02 Å². The van der Waals surface area contributed by atoms with Crippen molar-refractivity contribution in [1.82, 2.24) is 0 Å². The number of sulfonamides is 1. The minimum atomic E-state index is -3.81. The maximum Gasteiger partial charge on any atom is 0.262 e. The predicted molar refractivity (Wildman–Crippen MR) is 75.4 cm³/mol. The van der Waals surface area contributed by atoms with E-state index >= 15 is 0 Å². The summed E-state index contributed by atoms with van der Waals surface area (Å²) in [5.41, 5.74) is 0.217. The normalized spacial score (nSPS) is 11.3. The maximum atomic E-state index is 12.1. The van der Waals surface area contributed by atoms with Crippen LogP contribution in [-0.2, 0) is 10.0 Å². The lowest BCUT2D eigenvalue weighted by atomic mass is 10.3. The van der Waals surface area contributed by atoms with Gasteiger partial charge in [-0.05, 0) is 30.3 Å². The molecule has 2 aromatic carbocycles. The van der Waals surface area contributed by atoms with E-state index in [1.807, 2.05) is 0 Å². The van der Waals surface area contributed by atoms with Gasteiger partial charge in [0, 0.05) is 11.1 Å². The van der Waals surface area contributed by atoms with Crippen molar-refractivity contribution in [2.75, 3.05) is 4.72 Å². The van der Waals surface area contributed by atoms with E-state index in [-0.39, 0.29) is 21.4 Å². The summed E-state index contributed by atoms with van der Waals surface area (Å²) in [7, 11) is -3.81. The first-order valence-electron chi connectivity index (χ1n) is 5.15. The fourth-order valence-electron chi connectivity index (χ4n) is 1.43. The summed E-state index contributed by atoms with van der Waals surface area (Å²) in [6, 6.07) is 9.75.